The predicted molar refractivity (Wildman–Crippen MR) is 142 cm³/mol. The number of allylic oxidation sites excluding steroid dienone is 1. The highest BCUT2D eigenvalue weighted by Gasteiger charge is 2.14. The number of fused-ring (bicyclic) bond motifs is 1. The van der Waals surface area contributed by atoms with E-state index in [0.717, 1.165) is 39.6 Å². The zero-order valence-electron chi connectivity index (χ0n) is 19.9. The van der Waals surface area contributed by atoms with Gasteiger partial charge < -0.3 is 18.8 Å². The fourth-order valence-corrected chi connectivity index (χ4v) is 3.93. The van der Waals surface area contributed by atoms with Gasteiger partial charge in [0.15, 0.2) is 5.58 Å². The Morgan fingerprint density at radius 2 is 1.31 bits per heavy atom. The van der Waals surface area contributed by atoms with Gasteiger partial charge in [-0.25, -0.2) is 4.98 Å². The van der Waals surface area contributed by atoms with Crippen molar-refractivity contribution in [1.82, 2.24) is 4.98 Å². The summed E-state index contributed by atoms with van der Waals surface area (Å²) in [5.41, 5.74) is 5.52. The van der Waals surface area contributed by atoms with Gasteiger partial charge in [-0.15, -0.1) is 0 Å². The monoisotopic (exact) mass is 473 g/mol. The second-order valence-electron chi connectivity index (χ2n) is 7.98. The van der Waals surface area contributed by atoms with Gasteiger partial charge in [0.05, 0.1) is 14.2 Å². The number of nitrogens with zero attached hydrogens (tertiary/aromatic N) is 3. The summed E-state index contributed by atoms with van der Waals surface area (Å²) in [6, 6.07) is 33.4. The summed E-state index contributed by atoms with van der Waals surface area (Å²) in [5, 5.41) is 9.74. The number of nitriles is 1. The lowest BCUT2D eigenvalue weighted by Gasteiger charge is -2.26. The third kappa shape index (κ3) is 4.63. The van der Waals surface area contributed by atoms with E-state index in [1.807, 2.05) is 97.1 Å². The van der Waals surface area contributed by atoms with Crippen LogP contribution in [0.3, 0.4) is 0 Å². The predicted octanol–water partition coefficient (Wildman–Crippen LogP) is 7.38. The summed E-state index contributed by atoms with van der Waals surface area (Å²) in [4.78, 5) is 6.58. The molecule has 0 aliphatic heterocycles. The molecule has 0 N–H and O–H groups in total. The molecule has 5 aromatic rings. The van der Waals surface area contributed by atoms with Crippen LogP contribution in [0.15, 0.2) is 101 Å². The van der Waals surface area contributed by atoms with Crippen LogP contribution in [0.25, 0.3) is 22.7 Å². The average Bonchev–Trinajstić information content (AvgIpc) is 3.37. The number of oxazole rings is 1. The first-order valence-corrected chi connectivity index (χ1v) is 11.3. The molecule has 0 aliphatic carbocycles. The van der Waals surface area contributed by atoms with Crippen molar-refractivity contribution in [3.63, 3.8) is 0 Å². The maximum absolute atomic E-state index is 9.74. The van der Waals surface area contributed by atoms with Gasteiger partial charge in [-0.05, 0) is 84.4 Å². The van der Waals surface area contributed by atoms with Crippen molar-refractivity contribution in [3.05, 3.63) is 109 Å². The molecule has 0 atom stereocenters. The molecule has 1 aromatic heterocycles. The van der Waals surface area contributed by atoms with E-state index in [1.54, 1.807) is 20.3 Å². The number of anilines is 3. The van der Waals surface area contributed by atoms with Gasteiger partial charge in [-0.2, -0.15) is 5.26 Å². The van der Waals surface area contributed by atoms with E-state index in [-0.39, 0.29) is 0 Å². The van der Waals surface area contributed by atoms with Crippen LogP contribution in [-0.4, -0.2) is 19.2 Å². The number of hydrogen-bond donors (Lipinski definition) is 0. The Labute approximate surface area is 209 Å². The van der Waals surface area contributed by atoms with Crippen molar-refractivity contribution >= 4 is 39.8 Å². The topological polar surface area (TPSA) is 71.5 Å². The molecular formula is C30H23N3O3. The van der Waals surface area contributed by atoms with E-state index in [4.69, 9.17) is 13.9 Å². The van der Waals surface area contributed by atoms with Crippen LogP contribution in [0.1, 0.15) is 11.5 Å². The summed E-state index contributed by atoms with van der Waals surface area (Å²) in [6.45, 7) is 0. The maximum Gasteiger partial charge on any atom is 0.238 e. The lowest BCUT2D eigenvalue weighted by molar-refractivity contribution is 0.415. The van der Waals surface area contributed by atoms with Crippen LogP contribution < -0.4 is 14.4 Å². The summed E-state index contributed by atoms with van der Waals surface area (Å²) in [5.74, 6) is 1.88. The molecule has 5 rings (SSSR count). The number of para-hydroxylation sites is 2. The van der Waals surface area contributed by atoms with Crippen molar-refractivity contribution in [2.75, 3.05) is 19.1 Å². The first kappa shape index (κ1) is 22.8. The number of ether oxygens (including phenoxy) is 2. The molecule has 0 saturated heterocycles. The van der Waals surface area contributed by atoms with Crippen molar-refractivity contribution in [2.24, 2.45) is 0 Å². The molecule has 176 valence electrons. The fraction of sp³-hybridized carbons (Fsp3) is 0.0667. The molecule has 0 saturated carbocycles. The molecule has 1 heterocycles. The van der Waals surface area contributed by atoms with Crippen LogP contribution in [0.2, 0.25) is 0 Å². The summed E-state index contributed by atoms with van der Waals surface area (Å²) in [6.07, 6.45) is 1.78. The first-order valence-electron chi connectivity index (χ1n) is 11.3. The van der Waals surface area contributed by atoms with Crippen molar-refractivity contribution in [2.45, 2.75) is 0 Å². The summed E-state index contributed by atoms with van der Waals surface area (Å²) in [7, 11) is 3.30. The normalized spacial score (nSPS) is 11.2. The quantitative estimate of drug-likeness (QED) is 0.230. The molecule has 0 bridgehead atoms. The minimum atomic E-state index is 0.306. The molecule has 6 nitrogen and oxygen atoms in total. The van der Waals surface area contributed by atoms with E-state index in [2.05, 4.69) is 16.0 Å². The zero-order chi connectivity index (χ0) is 24.9. The average molecular weight is 474 g/mol. The van der Waals surface area contributed by atoms with E-state index >= 15 is 0 Å². The summed E-state index contributed by atoms with van der Waals surface area (Å²) < 4.78 is 16.4. The molecule has 36 heavy (non-hydrogen) atoms. The second-order valence-corrected chi connectivity index (χ2v) is 7.98. The van der Waals surface area contributed by atoms with Crippen LogP contribution in [-0.2, 0) is 0 Å². The molecule has 4 aromatic carbocycles. The fourth-order valence-electron chi connectivity index (χ4n) is 3.93. The van der Waals surface area contributed by atoms with Crippen LogP contribution >= 0.6 is 0 Å². The Hall–Kier alpha value is -5.02. The Balaban J connectivity index is 1.50. The molecule has 0 aliphatic rings. The van der Waals surface area contributed by atoms with E-state index < -0.39 is 0 Å². The van der Waals surface area contributed by atoms with Crippen LogP contribution in [0.4, 0.5) is 17.1 Å². The molecule has 0 radical (unpaired) electrons. The van der Waals surface area contributed by atoms with Gasteiger partial charge in [0.2, 0.25) is 5.89 Å². The van der Waals surface area contributed by atoms with Gasteiger partial charge in [-0.1, -0.05) is 24.3 Å². The molecule has 0 amide bonds. The Morgan fingerprint density at radius 3 is 1.81 bits per heavy atom. The largest absolute Gasteiger partial charge is 0.497 e. The SMILES string of the molecule is COc1ccc(N(c2ccc(/C=C(\C#N)c3nc4ccccc4o3)cc2)c2ccc(OC)cc2)cc1. The molecular weight excluding hydrogens is 450 g/mol. The minimum absolute atomic E-state index is 0.306. The number of hydrogen-bond acceptors (Lipinski definition) is 6. The summed E-state index contributed by atoms with van der Waals surface area (Å²) >= 11 is 0. The third-order valence-electron chi connectivity index (χ3n) is 5.77. The Bertz CT molecular complexity index is 1460. The molecule has 0 unspecified atom stereocenters. The number of aromatic nitrogens is 1. The van der Waals surface area contributed by atoms with Crippen molar-refractivity contribution in [3.8, 4) is 17.6 Å². The van der Waals surface area contributed by atoms with Gasteiger partial charge in [0, 0.05) is 17.1 Å². The Kier molecular flexibility index (Phi) is 6.37. The number of benzene rings is 4. The Morgan fingerprint density at radius 1 is 0.778 bits per heavy atom. The lowest BCUT2D eigenvalue weighted by atomic mass is 10.1. The minimum Gasteiger partial charge on any atom is -0.497 e. The molecule has 0 spiro atoms. The van der Waals surface area contributed by atoms with E-state index in [0.29, 0.717) is 17.0 Å². The van der Waals surface area contributed by atoms with Crippen molar-refractivity contribution in [1.29, 1.82) is 5.26 Å². The number of methoxy groups -OCH3 is 2. The molecule has 6 heteroatoms. The standard InChI is InChI=1S/C30H23N3O3/c1-34-26-15-11-24(12-16-26)33(25-13-17-27(35-2)18-14-25)23-9-7-21(8-10-23)19-22(20-31)30-32-28-5-3-4-6-29(28)36-30/h3-19H,1-2H3/b22-19+. The van der Waals surface area contributed by atoms with Crippen LogP contribution in [0, 0.1) is 11.3 Å². The third-order valence-corrected chi connectivity index (χ3v) is 5.77. The van der Waals surface area contributed by atoms with Gasteiger partial charge in [-0.3, -0.25) is 0 Å². The first-order chi connectivity index (χ1) is 17.7. The zero-order valence-corrected chi connectivity index (χ0v) is 19.9. The highest BCUT2D eigenvalue weighted by atomic mass is 16.5. The van der Waals surface area contributed by atoms with Crippen LogP contribution in [0.5, 0.6) is 11.5 Å². The maximum atomic E-state index is 9.74. The van der Waals surface area contributed by atoms with E-state index in [9.17, 15) is 5.26 Å². The lowest BCUT2D eigenvalue weighted by Crippen LogP contribution is -2.09. The number of rotatable bonds is 7. The van der Waals surface area contributed by atoms with Crippen molar-refractivity contribution < 1.29 is 13.9 Å². The molecule has 0 fully saturated rings. The van der Waals surface area contributed by atoms with Gasteiger partial charge in [0.1, 0.15) is 28.7 Å². The second kappa shape index (κ2) is 10.1. The van der Waals surface area contributed by atoms with Gasteiger partial charge in [0.25, 0.3) is 0 Å². The highest BCUT2D eigenvalue weighted by molar-refractivity contribution is 5.89. The smallest absolute Gasteiger partial charge is 0.238 e. The van der Waals surface area contributed by atoms with Gasteiger partial charge >= 0.3 is 0 Å². The van der Waals surface area contributed by atoms with E-state index in [1.165, 1.54) is 0 Å². The highest BCUT2D eigenvalue weighted by Crippen LogP contribution is 2.36.